The van der Waals surface area contributed by atoms with E-state index in [4.69, 9.17) is 4.98 Å². The number of nitrogens with zero attached hydrogens (tertiary/aromatic N) is 5. The highest BCUT2D eigenvalue weighted by Gasteiger charge is 2.18. The van der Waals surface area contributed by atoms with Gasteiger partial charge in [0.25, 0.3) is 0 Å². The van der Waals surface area contributed by atoms with Gasteiger partial charge >= 0.3 is 0 Å². The van der Waals surface area contributed by atoms with Gasteiger partial charge in [0.15, 0.2) is 0 Å². The summed E-state index contributed by atoms with van der Waals surface area (Å²) in [6, 6.07) is 80.3. The van der Waals surface area contributed by atoms with Crippen LogP contribution in [-0.4, -0.2) is 18.5 Å². The van der Waals surface area contributed by atoms with Gasteiger partial charge in [0.2, 0.25) is 5.78 Å². The van der Waals surface area contributed by atoms with Crippen LogP contribution in [0.2, 0.25) is 0 Å². The molecule has 0 spiro atoms. The van der Waals surface area contributed by atoms with E-state index in [2.05, 4.69) is 237 Å². The van der Waals surface area contributed by atoms with Gasteiger partial charge in [-0.15, -0.1) is 0 Å². The lowest BCUT2D eigenvalue weighted by molar-refractivity contribution is 1.11. The van der Waals surface area contributed by atoms with Crippen molar-refractivity contribution < 1.29 is 0 Å². The van der Waals surface area contributed by atoms with Gasteiger partial charge in [-0.05, 0) is 119 Å². The molecule has 3 heterocycles. The van der Waals surface area contributed by atoms with Crippen molar-refractivity contribution in [2.45, 2.75) is 0 Å². The van der Waals surface area contributed by atoms with E-state index in [0.717, 1.165) is 67.4 Å². The Kier molecular flexibility index (Phi) is 7.78. The van der Waals surface area contributed by atoms with E-state index in [1.165, 1.54) is 32.9 Å². The maximum Gasteiger partial charge on any atom is 0.220 e. The second-order valence-electron chi connectivity index (χ2n) is 15.3. The quantitative estimate of drug-likeness (QED) is 0.162. The summed E-state index contributed by atoms with van der Waals surface area (Å²) >= 11 is 0. The summed E-state index contributed by atoms with van der Waals surface area (Å²) in [5.74, 6) is 0.912. The highest BCUT2D eigenvalue weighted by Crippen LogP contribution is 2.39. The average molecular weight is 768 g/mol. The molecule has 0 saturated heterocycles. The molecule has 0 radical (unpaired) electrons. The number of fused-ring (bicyclic) bond motifs is 8. The van der Waals surface area contributed by atoms with Gasteiger partial charge in [-0.3, -0.25) is 8.97 Å². The van der Waals surface area contributed by atoms with Gasteiger partial charge in [0.1, 0.15) is 0 Å². The first-order valence-electron chi connectivity index (χ1n) is 20.4. The van der Waals surface area contributed by atoms with Gasteiger partial charge in [0.05, 0.1) is 33.1 Å². The van der Waals surface area contributed by atoms with Crippen LogP contribution in [0.25, 0.3) is 83.3 Å². The Morgan fingerprint density at radius 1 is 0.300 bits per heavy atom. The Bertz CT molecular complexity index is 3450. The smallest absolute Gasteiger partial charge is 0.220 e. The van der Waals surface area contributed by atoms with Crippen LogP contribution in [0.3, 0.4) is 0 Å². The van der Waals surface area contributed by atoms with E-state index >= 15 is 0 Å². The molecular weight excluding hydrogens is 731 g/mol. The lowest BCUT2D eigenvalue weighted by Crippen LogP contribution is -2.10. The molecule has 0 N–H and O–H groups in total. The summed E-state index contributed by atoms with van der Waals surface area (Å²) in [6.45, 7) is 0. The highest BCUT2D eigenvalue weighted by atomic mass is 15.2. The van der Waals surface area contributed by atoms with E-state index < -0.39 is 0 Å². The minimum atomic E-state index is 0.912. The Hall–Kier alpha value is -8.15. The molecule has 9 aromatic carbocycles. The topological polar surface area (TPSA) is 30.4 Å². The summed E-state index contributed by atoms with van der Waals surface area (Å²) in [6.07, 6.45) is 0. The van der Waals surface area contributed by atoms with Crippen LogP contribution in [0.15, 0.2) is 224 Å². The van der Waals surface area contributed by atoms with Crippen molar-refractivity contribution >= 4 is 66.7 Å². The molecule has 0 amide bonds. The zero-order valence-electron chi connectivity index (χ0n) is 32.6. The molecule has 5 nitrogen and oxygen atoms in total. The Balaban J connectivity index is 0.910. The van der Waals surface area contributed by atoms with E-state index in [-0.39, 0.29) is 0 Å². The maximum atomic E-state index is 5.07. The Labute approximate surface area is 346 Å². The number of rotatable bonds is 7. The molecule has 0 unspecified atom stereocenters. The first-order valence-corrected chi connectivity index (χ1v) is 20.4. The second-order valence-corrected chi connectivity index (χ2v) is 15.3. The maximum absolute atomic E-state index is 5.07. The summed E-state index contributed by atoms with van der Waals surface area (Å²) in [5.41, 5.74) is 16.9. The van der Waals surface area contributed by atoms with Crippen molar-refractivity contribution in [2.75, 3.05) is 4.90 Å². The van der Waals surface area contributed by atoms with Crippen LogP contribution in [0.5, 0.6) is 0 Å². The van der Waals surface area contributed by atoms with Crippen molar-refractivity contribution in [2.24, 2.45) is 0 Å². The molecule has 0 atom stereocenters. The second kappa shape index (κ2) is 13.8. The molecule has 60 heavy (non-hydrogen) atoms. The number of hydrogen-bond donors (Lipinski definition) is 0. The molecule has 0 bridgehead atoms. The predicted octanol–water partition coefficient (Wildman–Crippen LogP) is 14.3. The summed E-state index contributed by atoms with van der Waals surface area (Å²) in [4.78, 5) is 7.41. The number of para-hydroxylation sites is 6. The van der Waals surface area contributed by atoms with E-state index in [1.807, 2.05) is 6.07 Å². The molecule has 0 aliphatic carbocycles. The lowest BCUT2D eigenvalue weighted by Gasteiger charge is -2.26. The molecule has 12 aromatic rings. The monoisotopic (exact) mass is 767 g/mol. The third kappa shape index (κ3) is 5.44. The van der Waals surface area contributed by atoms with Crippen LogP contribution in [-0.2, 0) is 0 Å². The Morgan fingerprint density at radius 3 is 1.28 bits per heavy atom. The van der Waals surface area contributed by atoms with E-state index in [0.29, 0.717) is 0 Å². The largest absolute Gasteiger partial charge is 0.311 e. The van der Waals surface area contributed by atoms with Gasteiger partial charge in [-0.1, -0.05) is 127 Å². The van der Waals surface area contributed by atoms with Crippen LogP contribution >= 0.6 is 0 Å². The molecule has 282 valence electrons. The number of benzene rings is 9. The highest BCUT2D eigenvalue weighted by molar-refractivity contribution is 6.09. The van der Waals surface area contributed by atoms with Crippen LogP contribution < -0.4 is 4.90 Å². The molecule has 3 aromatic heterocycles. The molecule has 5 heteroatoms. The lowest BCUT2D eigenvalue weighted by atomic mass is 10.0. The molecule has 0 aliphatic heterocycles. The zero-order chi connectivity index (χ0) is 39.6. The number of imidazole rings is 2. The van der Waals surface area contributed by atoms with Crippen molar-refractivity contribution in [3.05, 3.63) is 224 Å². The van der Waals surface area contributed by atoms with Crippen molar-refractivity contribution in [1.29, 1.82) is 0 Å². The average Bonchev–Trinajstić information content (AvgIpc) is 3.97. The van der Waals surface area contributed by atoms with E-state index in [1.54, 1.807) is 0 Å². The number of anilines is 3. The fourth-order valence-corrected chi connectivity index (χ4v) is 9.04. The van der Waals surface area contributed by atoms with Crippen molar-refractivity contribution in [3.8, 4) is 33.6 Å². The van der Waals surface area contributed by atoms with Gasteiger partial charge in [-0.2, -0.15) is 0 Å². The molecule has 0 aliphatic rings. The van der Waals surface area contributed by atoms with Crippen molar-refractivity contribution in [3.63, 3.8) is 0 Å². The molecule has 12 rings (SSSR count). The van der Waals surface area contributed by atoms with Crippen LogP contribution in [0, 0.1) is 0 Å². The van der Waals surface area contributed by atoms with E-state index in [9.17, 15) is 0 Å². The van der Waals surface area contributed by atoms with Gasteiger partial charge in [-0.25, -0.2) is 4.98 Å². The third-order valence-corrected chi connectivity index (χ3v) is 11.9. The van der Waals surface area contributed by atoms with Crippen LogP contribution in [0.1, 0.15) is 0 Å². The predicted molar refractivity (Wildman–Crippen MR) is 249 cm³/mol. The summed E-state index contributed by atoms with van der Waals surface area (Å²) in [7, 11) is 0. The number of hydrogen-bond acceptors (Lipinski definition) is 2. The minimum Gasteiger partial charge on any atom is -0.311 e. The minimum absolute atomic E-state index is 0.912. The Morgan fingerprint density at radius 2 is 0.700 bits per heavy atom. The molecule has 0 saturated carbocycles. The van der Waals surface area contributed by atoms with Crippen LogP contribution in [0.4, 0.5) is 17.1 Å². The molecule has 0 fully saturated rings. The SMILES string of the molecule is c1ccc(-c2ccc(N(c3ccc(-c4ccc(-n5c6ccccc6n6c7ccccc7nc56)cc4)cc3)c3ccc(-n4c5ccccc5c5ccccc54)cc3)cc2)cc1. The fraction of sp³-hybridized carbons (Fsp3) is 0. The number of aromatic nitrogens is 4. The first-order chi connectivity index (χ1) is 29.8. The standard InChI is InChI=1S/C55H37N5/c1-2-12-38(13-3-1)39-22-28-42(29-23-39)57(44-34-36-45(37-35-44)58-50-17-7-4-14-47(50)48-15-5-8-18-51(48)58)43-30-24-40(25-31-43)41-26-32-46(33-27-41)59-53-20-10-11-21-54(53)60-52-19-9-6-16-49(52)56-55(59)60/h1-37H. The fourth-order valence-electron chi connectivity index (χ4n) is 9.04. The van der Waals surface area contributed by atoms with Gasteiger partial charge < -0.3 is 9.47 Å². The van der Waals surface area contributed by atoms with Crippen molar-refractivity contribution in [1.82, 2.24) is 18.5 Å². The molecular formula is C55H37N5. The normalized spacial score (nSPS) is 11.7. The summed E-state index contributed by atoms with van der Waals surface area (Å²) < 4.78 is 6.89. The summed E-state index contributed by atoms with van der Waals surface area (Å²) in [5, 5.41) is 2.52. The zero-order valence-corrected chi connectivity index (χ0v) is 32.6. The first kappa shape index (κ1) is 33.9. The van der Waals surface area contributed by atoms with Gasteiger partial charge in [0, 0.05) is 39.2 Å². The third-order valence-electron chi connectivity index (χ3n) is 11.9.